The third kappa shape index (κ3) is 5.82. The van der Waals surface area contributed by atoms with E-state index in [1.807, 2.05) is 0 Å². The van der Waals surface area contributed by atoms with Gasteiger partial charge in [0.1, 0.15) is 0 Å². The molecule has 0 saturated carbocycles. The van der Waals surface area contributed by atoms with Crippen molar-refractivity contribution in [1.82, 2.24) is 0 Å². The molecule has 3 heteroatoms. The first-order valence-corrected chi connectivity index (χ1v) is 17.3. The van der Waals surface area contributed by atoms with Crippen LogP contribution in [0.2, 0.25) is 0 Å². The Morgan fingerprint density at radius 2 is 1.21 bits per heavy atom. The van der Waals surface area contributed by atoms with Crippen LogP contribution in [-0.4, -0.2) is 3.21 Å². The van der Waals surface area contributed by atoms with Crippen LogP contribution in [0.25, 0.3) is 16.7 Å². The van der Waals surface area contributed by atoms with Gasteiger partial charge in [-0.2, -0.15) is 0 Å². The van der Waals surface area contributed by atoms with E-state index in [4.69, 9.17) is 0 Å². The minimum atomic E-state index is -2.24. The molecule has 0 nitrogen and oxygen atoms in total. The van der Waals surface area contributed by atoms with Crippen LogP contribution >= 0.6 is 0 Å². The van der Waals surface area contributed by atoms with Crippen LogP contribution in [0.1, 0.15) is 93.3 Å². The SMILES string of the molecule is C[C](C)=[Zr+2]([C]1=CC(c2ccccc2)=CC1)[CH]1c2cc(C(C)(C)C)ccc2-c2ccc(C(C)(C)C)cc21.[Cl-].[Cl-]. The summed E-state index contributed by atoms with van der Waals surface area (Å²) in [4.78, 5) is 0. The van der Waals surface area contributed by atoms with Gasteiger partial charge in [-0.1, -0.05) is 0 Å². The van der Waals surface area contributed by atoms with E-state index in [0.717, 1.165) is 6.42 Å². The normalized spacial score (nSPS) is 14.3. The molecule has 2 aliphatic carbocycles. The summed E-state index contributed by atoms with van der Waals surface area (Å²) < 4.78 is 3.97. The van der Waals surface area contributed by atoms with Gasteiger partial charge in [0.2, 0.25) is 0 Å². The maximum absolute atomic E-state index is 2.57. The topological polar surface area (TPSA) is 0 Å². The average Bonchev–Trinajstić information content (AvgIpc) is 3.42. The summed E-state index contributed by atoms with van der Waals surface area (Å²) in [7, 11) is 0. The van der Waals surface area contributed by atoms with Gasteiger partial charge in [-0.15, -0.1) is 0 Å². The van der Waals surface area contributed by atoms with Crippen molar-refractivity contribution in [3.05, 3.63) is 110 Å². The van der Waals surface area contributed by atoms with Crippen molar-refractivity contribution >= 4 is 8.78 Å². The summed E-state index contributed by atoms with van der Waals surface area (Å²) >= 11 is -2.24. The zero-order valence-corrected chi connectivity index (χ0v) is 28.0. The van der Waals surface area contributed by atoms with Crippen LogP contribution in [-0.2, 0) is 32.1 Å². The first kappa shape index (κ1) is 31.0. The largest absolute Gasteiger partial charge is 1.00 e. The van der Waals surface area contributed by atoms with E-state index in [-0.39, 0.29) is 35.6 Å². The summed E-state index contributed by atoms with van der Waals surface area (Å²) in [6.45, 7) is 18.9. The Balaban J connectivity index is 0.00000200. The molecule has 0 radical (unpaired) electrons. The van der Waals surface area contributed by atoms with Crippen LogP contribution in [0, 0.1) is 0 Å². The Hall–Kier alpha value is -1.53. The van der Waals surface area contributed by atoms with E-state index in [1.54, 1.807) is 17.6 Å². The molecular formula is C35H40Cl2Zr. The summed E-state index contributed by atoms with van der Waals surface area (Å²) in [6, 6.07) is 25.7. The van der Waals surface area contributed by atoms with E-state index >= 15 is 0 Å². The minimum absolute atomic E-state index is 0. The van der Waals surface area contributed by atoms with Crippen molar-refractivity contribution in [1.29, 1.82) is 0 Å². The van der Waals surface area contributed by atoms with Crippen molar-refractivity contribution in [3.63, 3.8) is 0 Å². The molecule has 198 valence electrons. The molecule has 3 aromatic rings. The summed E-state index contributed by atoms with van der Waals surface area (Å²) in [5.74, 6) is 0. The Labute approximate surface area is 250 Å². The second-order valence-corrected chi connectivity index (χ2v) is 20.3. The zero-order valence-electron chi connectivity index (χ0n) is 24.0. The maximum atomic E-state index is 2.57. The van der Waals surface area contributed by atoms with Crippen molar-refractivity contribution in [2.75, 3.05) is 0 Å². The number of halogens is 2. The van der Waals surface area contributed by atoms with E-state index in [2.05, 4.69) is 134 Å². The maximum Gasteiger partial charge on any atom is -1.00 e. The van der Waals surface area contributed by atoms with Gasteiger partial charge in [0, 0.05) is 0 Å². The molecule has 5 rings (SSSR count). The van der Waals surface area contributed by atoms with Crippen LogP contribution in [0.15, 0.2) is 82.2 Å². The first-order chi connectivity index (χ1) is 16.9. The van der Waals surface area contributed by atoms with Gasteiger partial charge in [0.25, 0.3) is 0 Å². The van der Waals surface area contributed by atoms with Crippen molar-refractivity contribution in [2.45, 2.75) is 76.3 Å². The predicted molar refractivity (Wildman–Crippen MR) is 155 cm³/mol. The molecule has 38 heavy (non-hydrogen) atoms. The quantitative estimate of drug-likeness (QED) is 0.420. The number of allylic oxidation sites excluding steroid dienone is 4. The van der Waals surface area contributed by atoms with Gasteiger partial charge in [-0.25, -0.2) is 0 Å². The standard InChI is InChI=1S/C21H25.C11H9.C3H6.2ClH.Zr/c1-20(2,3)16-7-9-18-14(12-16)11-15-13-17(21(4,5)6)8-10-19(15)18;1-2-6-10(7-3-1)11-8-4-5-9-11;1-3-2;;;/h7-13H,1-6H3;1-3,6-9H,4H2;1-2H3;2*1H;/q;;;;;+2/p-2. The third-order valence-electron chi connectivity index (χ3n) is 7.90. The average molecular weight is 623 g/mol. The molecule has 0 amide bonds. The second kappa shape index (κ2) is 11.5. The molecule has 0 N–H and O–H groups in total. The molecule has 0 heterocycles. The molecule has 0 spiro atoms. The molecule has 0 bridgehead atoms. The van der Waals surface area contributed by atoms with Crippen molar-refractivity contribution in [3.8, 4) is 11.1 Å². The molecule has 0 fully saturated rings. The number of benzene rings is 3. The third-order valence-corrected chi connectivity index (χ3v) is 16.1. The Kier molecular flexibility index (Phi) is 9.41. The van der Waals surface area contributed by atoms with E-state index in [0.29, 0.717) is 3.63 Å². The van der Waals surface area contributed by atoms with E-state index in [9.17, 15) is 0 Å². The minimum Gasteiger partial charge on any atom is -1.00 e. The van der Waals surface area contributed by atoms with Crippen LogP contribution in [0.3, 0.4) is 0 Å². The van der Waals surface area contributed by atoms with Gasteiger partial charge in [0.05, 0.1) is 0 Å². The Morgan fingerprint density at radius 3 is 1.66 bits per heavy atom. The number of rotatable bonds is 3. The number of hydrogen-bond donors (Lipinski definition) is 0. The first-order valence-electron chi connectivity index (χ1n) is 13.4. The van der Waals surface area contributed by atoms with Gasteiger partial charge >= 0.3 is 227 Å². The van der Waals surface area contributed by atoms with Gasteiger partial charge in [-0.3, -0.25) is 0 Å². The smallest absolute Gasteiger partial charge is 1.00 e. The summed E-state index contributed by atoms with van der Waals surface area (Å²) in [6.07, 6.45) is 6.15. The number of hydrogen-bond acceptors (Lipinski definition) is 0. The van der Waals surface area contributed by atoms with E-state index in [1.165, 1.54) is 33.4 Å². The summed E-state index contributed by atoms with van der Waals surface area (Å²) in [5, 5.41) is 0. The van der Waals surface area contributed by atoms with Crippen LogP contribution < -0.4 is 24.8 Å². The van der Waals surface area contributed by atoms with Crippen LogP contribution in [0.5, 0.6) is 0 Å². The molecule has 0 unspecified atom stereocenters. The fraction of sp³-hybridized carbons (Fsp3) is 0.343. The Bertz CT molecular complexity index is 1360. The molecule has 0 aromatic heterocycles. The van der Waals surface area contributed by atoms with Gasteiger partial charge in [-0.05, 0) is 0 Å². The molecule has 0 saturated heterocycles. The van der Waals surface area contributed by atoms with Gasteiger partial charge < -0.3 is 24.8 Å². The molecule has 3 aromatic carbocycles. The zero-order chi connectivity index (χ0) is 25.8. The van der Waals surface area contributed by atoms with Crippen LogP contribution in [0.4, 0.5) is 0 Å². The Morgan fingerprint density at radius 1 is 0.711 bits per heavy atom. The molecule has 0 aliphatic heterocycles. The molecule has 2 aliphatic rings. The fourth-order valence-corrected chi connectivity index (χ4v) is 14.0. The second-order valence-electron chi connectivity index (χ2n) is 12.8. The molecular weight excluding hydrogens is 583 g/mol. The monoisotopic (exact) mass is 620 g/mol. The molecule has 0 atom stereocenters. The fourth-order valence-electron chi connectivity index (χ4n) is 5.85. The number of fused-ring (bicyclic) bond motifs is 3. The summed E-state index contributed by atoms with van der Waals surface area (Å²) in [5.41, 5.74) is 12.1. The predicted octanol–water partition coefficient (Wildman–Crippen LogP) is 3.56. The van der Waals surface area contributed by atoms with Crippen molar-refractivity contribution < 1.29 is 46.1 Å². The van der Waals surface area contributed by atoms with E-state index < -0.39 is 21.3 Å². The van der Waals surface area contributed by atoms with Gasteiger partial charge in [0.15, 0.2) is 0 Å². The van der Waals surface area contributed by atoms with Crippen molar-refractivity contribution in [2.24, 2.45) is 0 Å².